The van der Waals surface area contributed by atoms with E-state index in [-0.39, 0.29) is 31.6 Å². The summed E-state index contributed by atoms with van der Waals surface area (Å²) in [5.41, 5.74) is 9.61. The molecule has 0 saturated heterocycles. The Morgan fingerprint density at radius 3 is 2.17 bits per heavy atom. The van der Waals surface area contributed by atoms with Gasteiger partial charge >= 0.3 is 0 Å². The zero-order chi connectivity index (χ0) is 48.1. The largest absolute Gasteiger partial charge is 0.333 e. The summed E-state index contributed by atoms with van der Waals surface area (Å²) in [5, 5.41) is 5.86. The maximum atomic E-state index is 9.08. The SMILES string of the molecule is [2H]C([2H])([2H])c1c[c-]c(-c2cc(C([2H])([2H])C(C)c3ccccc3)c([Si](C)(C)C)cn2)cc1.[Ir].[c-]1cc2sc3ccccc3c2cc1-c1nc2c3ccccc3ccc2n1-c1ccccc1-c1ccccc1. The summed E-state index contributed by atoms with van der Waals surface area (Å²) < 4.78 is 45.6. The number of fused-ring (bicyclic) bond motifs is 6. The predicted octanol–water partition coefficient (Wildman–Crippen LogP) is 15.4. The molecule has 0 aliphatic heterocycles. The van der Waals surface area contributed by atoms with E-state index in [0.717, 1.165) is 44.2 Å². The summed E-state index contributed by atoms with van der Waals surface area (Å²) >= 11 is 1.81. The van der Waals surface area contributed by atoms with Crippen LogP contribution in [0.5, 0.6) is 0 Å². The molecule has 321 valence electrons. The number of nitrogens with zero attached hydrogens (tertiary/aromatic N) is 3. The minimum atomic E-state index is -2.18. The van der Waals surface area contributed by atoms with E-state index in [1.54, 1.807) is 18.3 Å². The number of thiophene rings is 1. The molecule has 1 radical (unpaired) electrons. The number of imidazole rings is 1. The van der Waals surface area contributed by atoms with Crippen molar-refractivity contribution in [2.24, 2.45) is 0 Å². The fraction of sp³-hybridized carbons (Fsp3) is 0.119. The van der Waals surface area contributed by atoms with E-state index in [2.05, 4.69) is 169 Å². The van der Waals surface area contributed by atoms with E-state index in [1.165, 1.54) is 42.8 Å². The second-order valence-corrected chi connectivity index (χ2v) is 23.3. The maximum absolute atomic E-state index is 9.08. The number of aryl methyl sites for hydroxylation is 1. The molecule has 3 nitrogen and oxygen atoms in total. The smallest absolute Gasteiger partial charge is 0.0852 e. The van der Waals surface area contributed by atoms with Gasteiger partial charge in [0.25, 0.3) is 0 Å². The van der Waals surface area contributed by atoms with Gasteiger partial charge in [0.1, 0.15) is 0 Å². The number of pyridine rings is 1. The van der Waals surface area contributed by atoms with Gasteiger partial charge in [0.15, 0.2) is 0 Å². The topological polar surface area (TPSA) is 30.7 Å². The van der Waals surface area contributed by atoms with Crippen LogP contribution in [-0.4, -0.2) is 22.6 Å². The first-order chi connectivity index (χ1) is 33.2. The average molecular weight is 1060 g/mol. The van der Waals surface area contributed by atoms with Crippen LogP contribution in [-0.2, 0) is 26.5 Å². The monoisotopic (exact) mass is 1060 g/mol. The molecule has 1 unspecified atom stereocenters. The normalized spacial score (nSPS) is 13.5. The van der Waals surface area contributed by atoms with Crippen LogP contribution in [0.3, 0.4) is 0 Å². The molecule has 6 heteroatoms. The molecule has 0 saturated carbocycles. The Bertz CT molecular complexity index is 3640. The third kappa shape index (κ3) is 8.92. The van der Waals surface area contributed by atoms with Crippen molar-refractivity contribution in [3.05, 3.63) is 217 Å². The van der Waals surface area contributed by atoms with Crippen LogP contribution in [0, 0.1) is 19.0 Å². The minimum absolute atomic E-state index is 0. The van der Waals surface area contributed by atoms with Crippen molar-refractivity contribution in [1.82, 2.24) is 14.5 Å². The van der Waals surface area contributed by atoms with E-state index >= 15 is 0 Å². The van der Waals surface area contributed by atoms with Crippen molar-refractivity contribution in [1.29, 1.82) is 0 Å². The summed E-state index contributed by atoms with van der Waals surface area (Å²) in [6.07, 6.45) is 0.200. The van der Waals surface area contributed by atoms with Gasteiger partial charge in [0, 0.05) is 54.5 Å². The average Bonchev–Trinajstić information content (AvgIpc) is 3.95. The fourth-order valence-electron chi connectivity index (χ4n) is 8.53. The van der Waals surface area contributed by atoms with Crippen molar-refractivity contribution in [2.75, 3.05) is 0 Å². The molecule has 0 bridgehead atoms. The molecule has 65 heavy (non-hydrogen) atoms. The van der Waals surface area contributed by atoms with Gasteiger partial charge < -0.3 is 9.55 Å². The van der Waals surface area contributed by atoms with Crippen LogP contribution >= 0.6 is 11.3 Å². The standard InChI is InChI=1S/C35H21N2S.C24H28NSi.Ir/c1-2-10-23(11-3-1)26-13-6-8-16-30(26)37-31-20-18-24-12-4-5-14-27(24)34(31)36-35(37)25-19-21-33-29(22-25)28-15-7-9-17-32(28)38-33;1-18-11-13-21(14-12-18)23-16-22(24(17-25-23)26(3,4)5)15-19(2)20-9-7-6-8-10-20;/h1-18,20-22H;6-13,16-17,19H,15H2,1-5H3;/q2*-1;/i;1D3,15D2;. The molecule has 3 heterocycles. The fourth-order valence-corrected chi connectivity index (χ4v) is 11.0. The van der Waals surface area contributed by atoms with E-state index in [9.17, 15) is 0 Å². The van der Waals surface area contributed by atoms with Crippen LogP contribution in [0.1, 0.15) is 36.4 Å². The van der Waals surface area contributed by atoms with E-state index in [1.807, 2.05) is 54.7 Å². The van der Waals surface area contributed by atoms with Crippen molar-refractivity contribution < 1.29 is 27.0 Å². The van der Waals surface area contributed by atoms with Crippen LogP contribution in [0.25, 0.3) is 81.4 Å². The summed E-state index contributed by atoms with van der Waals surface area (Å²) in [4.78, 5) is 9.94. The number of aromatic nitrogens is 3. The van der Waals surface area contributed by atoms with Crippen molar-refractivity contribution >= 4 is 66.6 Å². The Morgan fingerprint density at radius 2 is 1.40 bits per heavy atom. The van der Waals surface area contributed by atoms with E-state index < -0.39 is 21.3 Å². The predicted molar refractivity (Wildman–Crippen MR) is 276 cm³/mol. The summed E-state index contributed by atoms with van der Waals surface area (Å²) in [7, 11) is -1.88. The third-order valence-electron chi connectivity index (χ3n) is 11.8. The molecule has 0 aliphatic rings. The molecule has 1 atom stereocenters. The molecule has 0 spiro atoms. The van der Waals surface area contributed by atoms with Crippen molar-refractivity contribution in [3.8, 4) is 39.5 Å². The van der Waals surface area contributed by atoms with Crippen LogP contribution in [0.2, 0.25) is 19.6 Å². The Hall–Kier alpha value is -6.27. The minimum Gasteiger partial charge on any atom is -0.333 e. The molecule has 3 aromatic heterocycles. The van der Waals surface area contributed by atoms with E-state index in [4.69, 9.17) is 11.8 Å². The third-order valence-corrected chi connectivity index (χ3v) is 15.0. The number of hydrogen-bond acceptors (Lipinski definition) is 3. The molecular formula is C59H49IrN3SSi-2. The molecule has 11 rings (SSSR count). The van der Waals surface area contributed by atoms with Gasteiger partial charge in [-0.2, -0.15) is 11.3 Å². The molecule has 11 aromatic rings. The quantitative estimate of drug-likeness (QED) is 0.112. The number of benzene rings is 8. The zero-order valence-corrected chi connectivity index (χ0v) is 40.8. The van der Waals surface area contributed by atoms with Gasteiger partial charge in [-0.15, -0.1) is 59.2 Å². The maximum Gasteiger partial charge on any atom is 0.0852 e. The van der Waals surface area contributed by atoms with Gasteiger partial charge in [-0.25, -0.2) is 0 Å². The first kappa shape index (κ1) is 38.0. The molecule has 0 amide bonds. The second kappa shape index (κ2) is 18.7. The number of rotatable bonds is 8. The Labute approximate surface area is 407 Å². The zero-order valence-electron chi connectivity index (χ0n) is 41.6. The van der Waals surface area contributed by atoms with Gasteiger partial charge in [0.2, 0.25) is 0 Å². The summed E-state index contributed by atoms with van der Waals surface area (Å²) in [6, 6.07) is 68.0. The van der Waals surface area contributed by atoms with E-state index in [0.29, 0.717) is 16.8 Å². The van der Waals surface area contributed by atoms with Crippen LogP contribution in [0.4, 0.5) is 0 Å². The first-order valence-electron chi connectivity index (χ1n) is 24.1. The summed E-state index contributed by atoms with van der Waals surface area (Å²) in [5.74, 6) is 0.554. The molecule has 8 aromatic carbocycles. The molecule has 0 aliphatic carbocycles. The Morgan fingerprint density at radius 1 is 0.692 bits per heavy atom. The number of hydrogen-bond donors (Lipinski definition) is 0. The van der Waals surface area contributed by atoms with Crippen molar-refractivity contribution in [2.45, 2.75) is 45.7 Å². The van der Waals surface area contributed by atoms with Crippen molar-refractivity contribution in [3.63, 3.8) is 0 Å². The second-order valence-electron chi connectivity index (χ2n) is 17.2. The molecule has 0 fully saturated rings. The Balaban J connectivity index is 0.000000176. The van der Waals surface area contributed by atoms with Gasteiger partial charge in [-0.1, -0.05) is 178 Å². The Kier molecular flexibility index (Phi) is 10.9. The van der Waals surface area contributed by atoms with Gasteiger partial charge in [0.05, 0.1) is 24.9 Å². The van der Waals surface area contributed by atoms with Gasteiger partial charge in [-0.3, -0.25) is 4.98 Å². The molecule has 0 N–H and O–H groups in total. The number of para-hydroxylation sites is 1. The van der Waals surface area contributed by atoms with Crippen LogP contribution in [0.15, 0.2) is 188 Å². The first-order valence-corrected chi connectivity index (χ1v) is 26.0. The van der Waals surface area contributed by atoms with Gasteiger partial charge in [-0.05, 0) is 68.0 Å². The van der Waals surface area contributed by atoms with Crippen LogP contribution < -0.4 is 5.19 Å². The summed E-state index contributed by atoms with van der Waals surface area (Å²) in [6.45, 7) is 6.30. The molecular weight excluding hydrogens is 1000 g/mol.